The summed E-state index contributed by atoms with van der Waals surface area (Å²) in [5.41, 5.74) is 2.09. The molecule has 0 fully saturated rings. The van der Waals surface area contributed by atoms with Crippen LogP contribution in [0.5, 0.6) is 5.75 Å². The molecule has 0 atom stereocenters. The fourth-order valence-electron chi connectivity index (χ4n) is 2.32. The van der Waals surface area contributed by atoms with Crippen LogP contribution in [-0.4, -0.2) is 39.4 Å². The zero-order valence-electron chi connectivity index (χ0n) is 14.5. The number of aryl methyl sites for hydroxylation is 2. The molecule has 0 saturated carbocycles. The van der Waals surface area contributed by atoms with E-state index in [0.29, 0.717) is 24.3 Å². The van der Waals surface area contributed by atoms with Gasteiger partial charge in [0, 0.05) is 12.6 Å². The van der Waals surface area contributed by atoms with Gasteiger partial charge in [-0.15, -0.1) is 0 Å². The van der Waals surface area contributed by atoms with Crippen molar-refractivity contribution in [3.63, 3.8) is 0 Å². The average molecular weight is 362 g/mol. The summed E-state index contributed by atoms with van der Waals surface area (Å²) in [7, 11) is -2.21. The monoisotopic (exact) mass is 362 g/mol. The lowest BCUT2D eigenvalue weighted by Crippen LogP contribution is -2.31. The summed E-state index contributed by atoms with van der Waals surface area (Å²) in [4.78, 5) is 14.0. The minimum atomic E-state index is -3.85. The van der Waals surface area contributed by atoms with Gasteiger partial charge in [-0.25, -0.2) is 13.6 Å². The molecule has 0 aliphatic rings. The maximum Gasteiger partial charge on any atom is 0.254 e. The number of hydrogen-bond acceptors (Lipinski definition) is 4. The Bertz CT molecular complexity index is 878. The number of nitrogens with zero attached hydrogens (tertiary/aromatic N) is 1. The van der Waals surface area contributed by atoms with E-state index in [-0.39, 0.29) is 10.8 Å². The zero-order valence-corrected chi connectivity index (χ0v) is 15.3. The lowest BCUT2D eigenvalue weighted by molar-refractivity contribution is 0.0773. The maximum atomic E-state index is 12.6. The van der Waals surface area contributed by atoms with Crippen molar-refractivity contribution in [1.82, 2.24) is 4.90 Å². The highest BCUT2D eigenvalue weighted by molar-refractivity contribution is 7.89. The summed E-state index contributed by atoms with van der Waals surface area (Å²) in [5.74, 6) is 0.462. The minimum absolute atomic E-state index is 0.0779. The number of primary sulfonamides is 1. The van der Waals surface area contributed by atoms with Crippen molar-refractivity contribution in [2.75, 3.05) is 20.2 Å². The number of carbonyl (C=O) groups excluding carboxylic acids is 1. The predicted molar refractivity (Wildman–Crippen MR) is 96.2 cm³/mol. The van der Waals surface area contributed by atoms with Gasteiger partial charge in [0.25, 0.3) is 5.91 Å². The van der Waals surface area contributed by atoms with Crippen LogP contribution in [0.25, 0.3) is 0 Å². The number of ether oxygens (including phenoxy) is 1. The highest BCUT2D eigenvalue weighted by atomic mass is 32.2. The van der Waals surface area contributed by atoms with Crippen molar-refractivity contribution in [3.05, 3.63) is 59.2 Å². The fourth-order valence-corrected chi connectivity index (χ4v) is 2.86. The van der Waals surface area contributed by atoms with Crippen molar-refractivity contribution in [2.24, 2.45) is 5.14 Å². The third-order valence-corrected chi connectivity index (χ3v) is 4.71. The van der Waals surface area contributed by atoms with Gasteiger partial charge in [-0.1, -0.05) is 18.2 Å². The van der Waals surface area contributed by atoms with Crippen molar-refractivity contribution < 1.29 is 17.9 Å². The normalized spacial score (nSPS) is 11.2. The second-order valence-electron chi connectivity index (χ2n) is 5.91. The van der Waals surface area contributed by atoms with Gasteiger partial charge in [0.2, 0.25) is 10.0 Å². The molecule has 0 aromatic heterocycles. The minimum Gasteiger partial charge on any atom is -0.492 e. The number of benzene rings is 2. The number of hydrogen-bond donors (Lipinski definition) is 1. The molecule has 0 radical (unpaired) electrons. The lowest BCUT2D eigenvalue weighted by atomic mass is 10.1. The van der Waals surface area contributed by atoms with E-state index >= 15 is 0 Å². The molecule has 25 heavy (non-hydrogen) atoms. The Labute approximate surface area is 148 Å². The quantitative estimate of drug-likeness (QED) is 0.852. The number of sulfonamides is 1. The van der Waals surface area contributed by atoms with Crippen LogP contribution in [0, 0.1) is 13.8 Å². The van der Waals surface area contributed by atoms with Gasteiger partial charge >= 0.3 is 0 Å². The van der Waals surface area contributed by atoms with E-state index in [1.165, 1.54) is 17.0 Å². The number of rotatable bonds is 6. The van der Waals surface area contributed by atoms with Gasteiger partial charge in [0.15, 0.2) is 0 Å². The number of carbonyl (C=O) groups is 1. The third kappa shape index (κ3) is 5.04. The van der Waals surface area contributed by atoms with Gasteiger partial charge in [0.1, 0.15) is 12.4 Å². The molecule has 0 bridgehead atoms. The van der Waals surface area contributed by atoms with Crippen LogP contribution in [0.3, 0.4) is 0 Å². The van der Waals surface area contributed by atoms with Crippen LogP contribution in [0.15, 0.2) is 47.4 Å². The van der Waals surface area contributed by atoms with E-state index < -0.39 is 10.0 Å². The molecule has 2 aromatic carbocycles. The summed E-state index contributed by atoms with van der Waals surface area (Å²) >= 11 is 0. The van der Waals surface area contributed by atoms with Crippen LogP contribution < -0.4 is 9.88 Å². The molecule has 0 aliphatic carbocycles. The summed E-state index contributed by atoms with van der Waals surface area (Å²) in [6.07, 6.45) is 0. The summed E-state index contributed by atoms with van der Waals surface area (Å²) in [6.45, 7) is 4.42. The Balaban J connectivity index is 2.04. The Hall–Kier alpha value is -2.38. The van der Waals surface area contributed by atoms with Gasteiger partial charge in [-0.3, -0.25) is 4.79 Å². The molecule has 134 valence electrons. The summed E-state index contributed by atoms with van der Waals surface area (Å²) < 4.78 is 28.6. The first-order valence-corrected chi connectivity index (χ1v) is 9.31. The zero-order chi connectivity index (χ0) is 18.6. The van der Waals surface area contributed by atoms with Gasteiger partial charge in [-0.2, -0.15) is 0 Å². The lowest BCUT2D eigenvalue weighted by Gasteiger charge is -2.19. The first-order chi connectivity index (χ1) is 11.7. The molecule has 0 unspecified atom stereocenters. The molecule has 0 spiro atoms. The maximum absolute atomic E-state index is 12.6. The van der Waals surface area contributed by atoms with Crippen molar-refractivity contribution in [1.29, 1.82) is 0 Å². The van der Waals surface area contributed by atoms with E-state index in [2.05, 4.69) is 0 Å². The molecule has 6 nitrogen and oxygen atoms in total. The van der Waals surface area contributed by atoms with E-state index in [1.54, 1.807) is 20.0 Å². The molecule has 2 rings (SSSR count). The van der Waals surface area contributed by atoms with E-state index in [9.17, 15) is 13.2 Å². The number of amides is 1. The first kappa shape index (κ1) is 19.0. The van der Waals surface area contributed by atoms with Crippen molar-refractivity contribution in [3.8, 4) is 5.75 Å². The van der Waals surface area contributed by atoms with Gasteiger partial charge in [0.05, 0.1) is 11.4 Å². The first-order valence-electron chi connectivity index (χ1n) is 7.77. The third-order valence-electron chi connectivity index (χ3n) is 3.80. The molecule has 7 heteroatoms. The van der Waals surface area contributed by atoms with E-state index in [4.69, 9.17) is 9.88 Å². The van der Waals surface area contributed by atoms with E-state index in [1.807, 2.05) is 31.2 Å². The second-order valence-corrected chi connectivity index (χ2v) is 7.47. The smallest absolute Gasteiger partial charge is 0.254 e. The summed E-state index contributed by atoms with van der Waals surface area (Å²) in [6, 6.07) is 11.9. The highest BCUT2D eigenvalue weighted by Gasteiger charge is 2.17. The largest absolute Gasteiger partial charge is 0.492 e. The molecule has 0 aliphatic heterocycles. The van der Waals surface area contributed by atoms with Crippen LogP contribution in [-0.2, 0) is 10.0 Å². The van der Waals surface area contributed by atoms with E-state index in [0.717, 1.165) is 11.3 Å². The van der Waals surface area contributed by atoms with Crippen molar-refractivity contribution >= 4 is 15.9 Å². The van der Waals surface area contributed by atoms with Crippen LogP contribution in [0.4, 0.5) is 0 Å². The van der Waals surface area contributed by atoms with Gasteiger partial charge < -0.3 is 9.64 Å². The molecule has 2 N–H and O–H groups in total. The topological polar surface area (TPSA) is 89.7 Å². The Morgan fingerprint density at radius 3 is 2.52 bits per heavy atom. The number of likely N-dealkylation sites (N-methyl/N-ethyl adjacent to an activating group) is 1. The Morgan fingerprint density at radius 1 is 1.16 bits per heavy atom. The molecule has 1 amide bonds. The second kappa shape index (κ2) is 7.67. The summed E-state index contributed by atoms with van der Waals surface area (Å²) in [5, 5.41) is 5.14. The molecule has 2 aromatic rings. The standard InChI is InChI=1S/C18H22N2O4S/c1-13-5-4-6-15(11-13)24-10-9-20(3)18(21)17-12-16(25(19,22)23)8-7-14(17)2/h4-8,11-12H,9-10H2,1-3H3,(H2,19,22,23). The van der Waals surface area contributed by atoms with Crippen LogP contribution >= 0.6 is 0 Å². The SMILES string of the molecule is Cc1cccc(OCCN(C)C(=O)c2cc(S(N)(=O)=O)ccc2C)c1. The molecular weight excluding hydrogens is 340 g/mol. The Morgan fingerprint density at radius 2 is 1.88 bits per heavy atom. The highest BCUT2D eigenvalue weighted by Crippen LogP contribution is 2.16. The Kier molecular flexibility index (Phi) is 5.81. The molecular formula is C18H22N2O4S. The van der Waals surface area contributed by atoms with Crippen LogP contribution in [0.2, 0.25) is 0 Å². The predicted octanol–water partition coefficient (Wildman–Crippen LogP) is 2.10. The molecule has 0 saturated heterocycles. The molecule has 0 heterocycles. The van der Waals surface area contributed by atoms with Crippen molar-refractivity contribution in [2.45, 2.75) is 18.7 Å². The fraction of sp³-hybridized carbons (Fsp3) is 0.278. The average Bonchev–Trinajstić information content (AvgIpc) is 2.53. The van der Waals surface area contributed by atoms with Gasteiger partial charge in [-0.05, 0) is 49.2 Å². The van der Waals surface area contributed by atoms with Crippen LogP contribution in [0.1, 0.15) is 21.5 Å². The number of nitrogens with two attached hydrogens (primary N) is 1.